The topological polar surface area (TPSA) is 29.1 Å². The minimum absolute atomic E-state index is 0.0456. The molecule has 2 aromatic carbocycles. The van der Waals surface area contributed by atoms with Crippen LogP contribution in [0.4, 0.5) is 0 Å². The van der Waals surface area contributed by atoms with Crippen molar-refractivity contribution in [3.8, 4) is 0 Å². The first-order valence-electron chi connectivity index (χ1n) is 6.25. The summed E-state index contributed by atoms with van der Waals surface area (Å²) in [5, 5.41) is 3.65. The monoisotopic (exact) mass is 273 g/mol. The third-order valence-corrected chi connectivity index (χ3v) is 3.29. The fourth-order valence-corrected chi connectivity index (χ4v) is 2.13. The fraction of sp³-hybridized carbons (Fsp3) is 0.188. The Balaban J connectivity index is 1.90. The number of aryl methyl sites for hydroxylation is 1. The Bertz CT molecular complexity index is 580. The van der Waals surface area contributed by atoms with Gasteiger partial charge in [-0.3, -0.25) is 4.79 Å². The van der Waals surface area contributed by atoms with Crippen molar-refractivity contribution in [1.82, 2.24) is 5.32 Å². The van der Waals surface area contributed by atoms with Crippen LogP contribution in [-0.2, 0) is 6.42 Å². The van der Waals surface area contributed by atoms with Crippen LogP contribution in [0.1, 0.15) is 21.5 Å². The summed E-state index contributed by atoms with van der Waals surface area (Å²) in [7, 11) is 0. The average molecular weight is 274 g/mol. The summed E-state index contributed by atoms with van der Waals surface area (Å²) < 4.78 is 0. The van der Waals surface area contributed by atoms with E-state index in [1.165, 1.54) is 0 Å². The number of benzene rings is 2. The van der Waals surface area contributed by atoms with Crippen LogP contribution in [0.2, 0.25) is 5.02 Å². The van der Waals surface area contributed by atoms with Crippen LogP contribution >= 0.6 is 11.6 Å². The summed E-state index contributed by atoms with van der Waals surface area (Å²) in [6.07, 6.45) is 0.733. The van der Waals surface area contributed by atoms with E-state index in [0.717, 1.165) is 22.6 Å². The van der Waals surface area contributed by atoms with Crippen molar-refractivity contribution < 1.29 is 4.79 Å². The summed E-state index contributed by atoms with van der Waals surface area (Å²) in [4.78, 5) is 11.9. The second-order valence-electron chi connectivity index (χ2n) is 4.47. The molecule has 3 heteroatoms. The lowest BCUT2D eigenvalue weighted by molar-refractivity contribution is 0.0954. The zero-order chi connectivity index (χ0) is 13.7. The predicted molar refractivity (Wildman–Crippen MR) is 78.7 cm³/mol. The standard InChI is InChI=1S/C16H16ClNO/c1-12-5-4-7-14(11-12)16(19)18-10-9-13-6-2-3-8-15(13)17/h2-8,11H,9-10H2,1H3,(H,18,19). The van der Waals surface area contributed by atoms with Gasteiger partial charge in [0.05, 0.1) is 0 Å². The van der Waals surface area contributed by atoms with Gasteiger partial charge in [-0.25, -0.2) is 0 Å². The summed E-state index contributed by atoms with van der Waals surface area (Å²) in [6.45, 7) is 2.55. The van der Waals surface area contributed by atoms with Crippen molar-refractivity contribution in [3.63, 3.8) is 0 Å². The molecule has 1 N–H and O–H groups in total. The molecular weight excluding hydrogens is 258 g/mol. The number of carbonyl (C=O) groups is 1. The van der Waals surface area contributed by atoms with E-state index in [9.17, 15) is 4.79 Å². The second kappa shape index (κ2) is 6.39. The lowest BCUT2D eigenvalue weighted by atomic mass is 10.1. The van der Waals surface area contributed by atoms with E-state index in [1.807, 2.05) is 55.5 Å². The Hall–Kier alpha value is -1.80. The SMILES string of the molecule is Cc1cccc(C(=O)NCCc2ccccc2Cl)c1. The molecule has 1 amide bonds. The van der Waals surface area contributed by atoms with Crippen molar-refractivity contribution in [2.24, 2.45) is 0 Å². The summed E-state index contributed by atoms with van der Waals surface area (Å²) in [6, 6.07) is 15.2. The summed E-state index contributed by atoms with van der Waals surface area (Å²) in [5.74, 6) is -0.0456. The number of carbonyl (C=O) groups excluding carboxylic acids is 1. The van der Waals surface area contributed by atoms with E-state index in [4.69, 9.17) is 11.6 Å². The lowest BCUT2D eigenvalue weighted by Crippen LogP contribution is -2.25. The van der Waals surface area contributed by atoms with Gasteiger partial charge in [-0.05, 0) is 37.1 Å². The molecule has 2 nitrogen and oxygen atoms in total. The molecule has 0 atom stereocenters. The number of amides is 1. The van der Waals surface area contributed by atoms with Crippen molar-refractivity contribution in [1.29, 1.82) is 0 Å². The summed E-state index contributed by atoms with van der Waals surface area (Å²) in [5.41, 5.74) is 2.83. The maximum atomic E-state index is 11.9. The third-order valence-electron chi connectivity index (χ3n) is 2.92. The number of halogens is 1. The van der Waals surface area contributed by atoms with Gasteiger partial charge in [-0.15, -0.1) is 0 Å². The van der Waals surface area contributed by atoms with E-state index >= 15 is 0 Å². The van der Waals surface area contributed by atoms with E-state index < -0.39 is 0 Å². The first kappa shape index (κ1) is 13.6. The molecule has 0 saturated heterocycles. The minimum atomic E-state index is -0.0456. The molecule has 0 saturated carbocycles. The average Bonchev–Trinajstić information content (AvgIpc) is 2.41. The van der Waals surface area contributed by atoms with Crippen LogP contribution in [0.3, 0.4) is 0 Å². The molecule has 2 rings (SSSR count). The van der Waals surface area contributed by atoms with Crippen LogP contribution in [0, 0.1) is 6.92 Å². The molecule has 0 aliphatic heterocycles. The van der Waals surface area contributed by atoms with Crippen molar-refractivity contribution in [3.05, 3.63) is 70.2 Å². The second-order valence-corrected chi connectivity index (χ2v) is 4.87. The van der Waals surface area contributed by atoms with Gasteiger partial charge in [-0.1, -0.05) is 47.5 Å². The molecule has 19 heavy (non-hydrogen) atoms. The number of nitrogens with one attached hydrogen (secondary N) is 1. The van der Waals surface area contributed by atoms with Gasteiger partial charge in [-0.2, -0.15) is 0 Å². The largest absolute Gasteiger partial charge is 0.352 e. The van der Waals surface area contributed by atoms with E-state index in [2.05, 4.69) is 5.32 Å². The van der Waals surface area contributed by atoms with Crippen LogP contribution in [0.25, 0.3) is 0 Å². The first-order valence-corrected chi connectivity index (χ1v) is 6.63. The highest BCUT2D eigenvalue weighted by Crippen LogP contribution is 2.14. The number of rotatable bonds is 4. The molecular formula is C16H16ClNO. The predicted octanol–water partition coefficient (Wildman–Crippen LogP) is 3.62. The Labute approximate surface area is 118 Å². The quantitative estimate of drug-likeness (QED) is 0.906. The highest BCUT2D eigenvalue weighted by molar-refractivity contribution is 6.31. The molecule has 98 valence electrons. The molecule has 0 radical (unpaired) electrons. The maximum absolute atomic E-state index is 11.9. The molecule has 0 aliphatic rings. The molecule has 0 unspecified atom stereocenters. The fourth-order valence-electron chi connectivity index (χ4n) is 1.90. The molecule has 0 aromatic heterocycles. The Morgan fingerprint density at radius 1 is 1.16 bits per heavy atom. The molecule has 2 aromatic rings. The van der Waals surface area contributed by atoms with Crippen LogP contribution in [0.5, 0.6) is 0 Å². The minimum Gasteiger partial charge on any atom is -0.352 e. The molecule has 0 aliphatic carbocycles. The smallest absolute Gasteiger partial charge is 0.251 e. The zero-order valence-electron chi connectivity index (χ0n) is 10.8. The Kier molecular flexibility index (Phi) is 4.58. The number of hydrogen-bond acceptors (Lipinski definition) is 1. The first-order chi connectivity index (χ1) is 9.16. The van der Waals surface area contributed by atoms with Gasteiger partial charge >= 0.3 is 0 Å². The molecule has 0 spiro atoms. The van der Waals surface area contributed by atoms with Gasteiger partial charge in [0, 0.05) is 17.1 Å². The van der Waals surface area contributed by atoms with Gasteiger partial charge in [0.15, 0.2) is 0 Å². The van der Waals surface area contributed by atoms with E-state index in [-0.39, 0.29) is 5.91 Å². The highest BCUT2D eigenvalue weighted by atomic mass is 35.5. The Morgan fingerprint density at radius 3 is 2.68 bits per heavy atom. The van der Waals surface area contributed by atoms with E-state index in [0.29, 0.717) is 12.1 Å². The highest BCUT2D eigenvalue weighted by Gasteiger charge is 2.05. The Morgan fingerprint density at radius 2 is 1.95 bits per heavy atom. The zero-order valence-corrected chi connectivity index (χ0v) is 11.6. The van der Waals surface area contributed by atoms with Crippen molar-refractivity contribution >= 4 is 17.5 Å². The van der Waals surface area contributed by atoms with Crippen LogP contribution < -0.4 is 5.32 Å². The molecule has 0 heterocycles. The van der Waals surface area contributed by atoms with Gasteiger partial charge < -0.3 is 5.32 Å². The summed E-state index contributed by atoms with van der Waals surface area (Å²) >= 11 is 6.06. The molecule has 0 fully saturated rings. The van der Waals surface area contributed by atoms with Gasteiger partial charge in [0.2, 0.25) is 0 Å². The van der Waals surface area contributed by atoms with Crippen molar-refractivity contribution in [2.45, 2.75) is 13.3 Å². The normalized spacial score (nSPS) is 10.2. The third kappa shape index (κ3) is 3.83. The van der Waals surface area contributed by atoms with Gasteiger partial charge in [0.25, 0.3) is 5.91 Å². The molecule has 0 bridgehead atoms. The maximum Gasteiger partial charge on any atom is 0.251 e. The van der Waals surface area contributed by atoms with E-state index in [1.54, 1.807) is 0 Å². The van der Waals surface area contributed by atoms with Crippen LogP contribution in [-0.4, -0.2) is 12.5 Å². The van der Waals surface area contributed by atoms with Crippen molar-refractivity contribution in [2.75, 3.05) is 6.54 Å². The van der Waals surface area contributed by atoms with Gasteiger partial charge in [0.1, 0.15) is 0 Å². The van der Waals surface area contributed by atoms with Crippen LogP contribution in [0.15, 0.2) is 48.5 Å². The lowest BCUT2D eigenvalue weighted by Gasteiger charge is -2.07. The number of hydrogen-bond donors (Lipinski definition) is 1.